The predicted molar refractivity (Wildman–Crippen MR) is 119 cm³/mol. The summed E-state index contributed by atoms with van der Waals surface area (Å²) in [5, 5.41) is 7.35. The molecule has 0 unspecified atom stereocenters. The Morgan fingerprint density at radius 3 is 2.37 bits per heavy atom. The van der Waals surface area contributed by atoms with E-state index in [2.05, 4.69) is 79.2 Å². The van der Waals surface area contributed by atoms with Crippen LogP contribution in [0.2, 0.25) is 0 Å². The smallest absolute Gasteiger partial charge is 0.241 e. The lowest BCUT2D eigenvalue weighted by atomic mass is 9.87. The molecule has 0 bridgehead atoms. The van der Waals surface area contributed by atoms with E-state index >= 15 is 0 Å². The molecule has 0 radical (unpaired) electrons. The summed E-state index contributed by atoms with van der Waals surface area (Å²) in [5.41, 5.74) is 2.37. The van der Waals surface area contributed by atoms with Gasteiger partial charge >= 0.3 is 0 Å². The first-order chi connectivity index (χ1) is 14.3. The lowest BCUT2D eigenvalue weighted by Crippen LogP contribution is -2.43. The van der Waals surface area contributed by atoms with Gasteiger partial charge in [0.05, 0.1) is 6.54 Å². The summed E-state index contributed by atoms with van der Waals surface area (Å²) in [7, 11) is 0. The third-order valence-corrected chi connectivity index (χ3v) is 6.13. The van der Waals surface area contributed by atoms with E-state index < -0.39 is 0 Å². The van der Waals surface area contributed by atoms with Gasteiger partial charge in [0.25, 0.3) is 0 Å². The second kappa shape index (κ2) is 9.73. The van der Waals surface area contributed by atoms with Crippen LogP contribution in [0.5, 0.6) is 0 Å². The molecule has 6 nitrogen and oxygen atoms in total. The van der Waals surface area contributed by atoms with Gasteiger partial charge in [-0.1, -0.05) is 64.0 Å². The molecule has 30 heavy (non-hydrogen) atoms. The SMILES string of the molecule is CCC(CC)NC(=O)C1CCN(Cc2nc(-c3ccc(C(C)(C)C)cc3)no2)CC1. The van der Waals surface area contributed by atoms with Crippen LogP contribution in [0, 0.1) is 5.92 Å². The molecule has 1 aliphatic rings. The standard InChI is InChI=1S/C24H36N4O2/c1-6-20(7-2)25-23(29)18-12-14-28(15-13-18)16-21-26-22(27-30-21)17-8-10-19(11-9-17)24(3,4)5/h8-11,18,20H,6-7,12-16H2,1-5H3,(H,25,29). The Balaban J connectivity index is 1.52. The van der Waals surface area contributed by atoms with Gasteiger partial charge in [-0.2, -0.15) is 4.98 Å². The summed E-state index contributed by atoms with van der Waals surface area (Å²) >= 11 is 0. The minimum atomic E-state index is 0.112. The minimum absolute atomic E-state index is 0.112. The van der Waals surface area contributed by atoms with E-state index in [4.69, 9.17) is 4.52 Å². The van der Waals surface area contributed by atoms with Gasteiger partial charge in [0.2, 0.25) is 17.6 Å². The average molecular weight is 413 g/mol. The van der Waals surface area contributed by atoms with E-state index in [1.54, 1.807) is 0 Å². The summed E-state index contributed by atoms with van der Waals surface area (Å²) in [6.45, 7) is 13.2. The molecule has 164 valence electrons. The van der Waals surface area contributed by atoms with Crippen molar-refractivity contribution in [1.82, 2.24) is 20.4 Å². The highest BCUT2D eigenvalue weighted by molar-refractivity contribution is 5.79. The first-order valence-electron chi connectivity index (χ1n) is 11.3. The zero-order valence-electron chi connectivity index (χ0n) is 19.1. The van der Waals surface area contributed by atoms with Crippen molar-refractivity contribution >= 4 is 5.91 Å². The Morgan fingerprint density at radius 2 is 1.80 bits per heavy atom. The maximum Gasteiger partial charge on any atom is 0.241 e. The van der Waals surface area contributed by atoms with Crippen molar-refractivity contribution in [3.63, 3.8) is 0 Å². The van der Waals surface area contributed by atoms with Gasteiger partial charge in [0.15, 0.2) is 0 Å². The van der Waals surface area contributed by atoms with Gasteiger partial charge < -0.3 is 9.84 Å². The fraction of sp³-hybridized carbons (Fsp3) is 0.625. The number of carbonyl (C=O) groups excluding carboxylic acids is 1. The molecule has 1 aliphatic heterocycles. The van der Waals surface area contributed by atoms with Crippen molar-refractivity contribution in [1.29, 1.82) is 0 Å². The quantitative estimate of drug-likeness (QED) is 0.722. The Bertz CT molecular complexity index is 810. The van der Waals surface area contributed by atoms with Crippen molar-refractivity contribution in [2.45, 2.75) is 78.3 Å². The Morgan fingerprint density at radius 1 is 1.17 bits per heavy atom. The van der Waals surface area contributed by atoms with Crippen LogP contribution in [0.15, 0.2) is 28.8 Å². The van der Waals surface area contributed by atoms with Crippen LogP contribution in [0.25, 0.3) is 11.4 Å². The van der Waals surface area contributed by atoms with Crippen molar-refractivity contribution in [3.05, 3.63) is 35.7 Å². The van der Waals surface area contributed by atoms with Crippen molar-refractivity contribution in [2.75, 3.05) is 13.1 Å². The molecule has 0 atom stereocenters. The van der Waals surface area contributed by atoms with E-state index in [1.165, 1.54) is 5.56 Å². The molecule has 6 heteroatoms. The van der Waals surface area contributed by atoms with Crippen LogP contribution < -0.4 is 5.32 Å². The summed E-state index contributed by atoms with van der Waals surface area (Å²) in [4.78, 5) is 19.3. The largest absolute Gasteiger partial charge is 0.353 e. The van der Waals surface area contributed by atoms with Crippen molar-refractivity contribution in [3.8, 4) is 11.4 Å². The number of hydrogen-bond acceptors (Lipinski definition) is 5. The second-order valence-electron chi connectivity index (χ2n) is 9.41. The third-order valence-electron chi connectivity index (χ3n) is 6.13. The molecule has 1 saturated heterocycles. The van der Waals surface area contributed by atoms with E-state index in [-0.39, 0.29) is 17.2 Å². The van der Waals surface area contributed by atoms with Crippen LogP contribution in [0.1, 0.15) is 71.8 Å². The van der Waals surface area contributed by atoms with Crippen LogP contribution in [0.4, 0.5) is 0 Å². The Kier molecular flexibility index (Phi) is 7.29. The van der Waals surface area contributed by atoms with Crippen LogP contribution >= 0.6 is 0 Å². The van der Waals surface area contributed by atoms with E-state index in [9.17, 15) is 4.79 Å². The van der Waals surface area contributed by atoms with E-state index in [0.717, 1.165) is 44.3 Å². The van der Waals surface area contributed by atoms with Gasteiger partial charge in [-0.25, -0.2) is 0 Å². The maximum atomic E-state index is 12.5. The summed E-state index contributed by atoms with van der Waals surface area (Å²) < 4.78 is 5.49. The van der Waals surface area contributed by atoms with E-state index in [1.807, 2.05) is 0 Å². The van der Waals surface area contributed by atoms with Gasteiger partial charge in [-0.3, -0.25) is 9.69 Å². The maximum absolute atomic E-state index is 12.5. The number of nitrogens with zero attached hydrogens (tertiary/aromatic N) is 3. The zero-order valence-corrected chi connectivity index (χ0v) is 19.1. The molecule has 0 spiro atoms. The van der Waals surface area contributed by atoms with Gasteiger partial charge in [0.1, 0.15) is 0 Å². The molecule has 1 N–H and O–H groups in total. The molecule has 0 saturated carbocycles. The first kappa shape index (κ1) is 22.5. The molecular weight excluding hydrogens is 376 g/mol. The molecule has 1 aromatic heterocycles. The molecule has 1 aromatic carbocycles. The fourth-order valence-electron chi connectivity index (χ4n) is 3.91. The second-order valence-corrected chi connectivity index (χ2v) is 9.41. The van der Waals surface area contributed by atoms with Crippen molar-refractivity contribution < 1.29 is 9.32 Å². The highest BCUT2D eigenvalue weighted by Gasteiger charge is 2.27. The predicted octanol–water partition coefficient (Wildman–Crippen LogP) is 4.55. The van der Waals surface area contributed by atoms with Crippen LogP contribution in [-0.2, 0) is 16.8 Å². The summed E-state index contributed by atoms with van der Waals surface area (Å²) in [6.07, 6.45) is 3.72. The molecule has 2 heterocycles. The van der Waals surface area contributed by atoms with Gasteiger partial charge in [-0.05, 0) is 49.8 Å². The topological polar surface area (TPSA) is 71.3 Å². The van der Waals surface area contributed by atoms with Crippen molar-refractivity contribution in [2.24, 2.45) is 5.92 Å². The van der Waals surface area contributed by atoms with Gasteiger partial charge in [0, 0.05) is 17.5 Å². The van der Waals surface area contributed by atoms with Gasteiger partial charge in [-0.15, -0.1) is 0 Å². The molecular formula is C24H36N4O2. The molecule has 1 fully saturated rings. The molecule has 2 aromatic rings. The fourth-order valence-corrected chi connectivity index (χ4v) is 3.91. The van der Waals surface area contributed by atoms with Crippen LogP contribution in [0.3, 0.4) is 0 Å². The number of rotatable bonds is 7. The number of benzene rings is 1. The highest BCUT2D eigenvalue weighted by atomic mass is 16.5. The molecule has 1 amide bonds. The number of piperidine rings is 1. The molecule has 0 aliphatic carbocycles. The lowest BCUT2D eigenvalue weighted by molar-refractivity contribution is -0.127. The number of hydrogen-bond donors (Lipinski definition) is 1. The monoisotopic (exact) mass is 412 g/mol. The number of carbonyl (C=O) groups is 1. The number of likely N-dealkylation sites (tertiary alicyclic amines) is 1. The number of nitrogens with one attached hydrogen (secondary N) is 1. The van der Waals surface area contributed by atoms with E-state index in [0.29, 0.717) is 24.3 Å². The zero-order chi connectivity index (χ0) is 21.7. The minimum Gasteiger partial charge on any atom is -0.353 e. The summed E-state index contributed by atoms with van der Waals surface area (Å²) in [6, 6.07) is 8.66. The molecule has 3 rings (SSSR count). The first-order valence-corrected chi connectivity index (χ1v) is 11.3. The number of amides is 1. The normalized spacial score (nSPS) is 16.2. The van der Waals surface area contributed by atoms with Crippen LogP contribution in [-0.4, -0.2) is 40.1 Å². The number of aromatic nitrogens is 2. The average Bonchev–Trinajstić information content (AvgIpc) is 3.20. The Labute approximate surface area is 180 Å². The Hall–Kier alpha value is -2.21. The highest BCUT2D eigenvalue weighted by Crippen LogP contribution is 2.25. The summed E-state index contributed by atoms with van der Waals surface area (Å²) in [5.74, 6) is 1.58. The lowest BCUT2D eigenvalue weighted by Gasteiger charge is -2.31. The third kappa shape index (κ3) is 5.69.